The maximum atomic E-state index is 4.62. The van der Waals surface area contributed by atoms with Crippen LogP contribution in [0, 0.1) is 0 Å². The number of fused-ring (bicyclic) bond motifs is 1. The number of anilines is 1. The molecular weight excluding hydrogens is 276 g/mol. The highest BCUT2D eigenvalue weighted by molar-refractivity contribution is 5.73. The Morgan fingerprint density at radius 2 is 2.09 bits per heavy atom. The topological polar surface area (TPSA) is 68.5 Å². The van der Waals surface area contributed by atoms with E-state index in [9.17, 15) is 0 Å². The molecule has 0 atom stereocenters. The highest BCUT2D eigenvalue weighted by Gasteiger charge is 2.18. The van der Waals surface area contributed by atoms with Gasteiger partial charge in [0.25, 0.3) is 0 Å². The first-order chi connectivity index (χ1) is 10.9. The van der Waals surface area contributed by atoms with Gasteiger partial charge in [0.05, 0.1) is 23.7 Å². The molecule has 0 aliphatic heterocycles. The molecule has 0 saturated heterocycles. The fourth-order valence-corrected chi connectivity index (χ4v) is 2.95. The zero-order valence-electron chi connectivity index (χ0n) is 12.3. The molecule has 112 valence electrons. The third kappa shape index (κ3) is 2.64. The van der Waals surface area contributed by atoms with Gasteiger partial charge in [-0.1, -0.05) is 18.9 Å². The van der Waals surface area contributed by atoms with Crippen LogP contribution in [0.15, 0.2) is 36.8 Å². The molecule has 0 radical (unpaired) electrons. The number of nitrogens with one attached hydrogen (secondary N) is 1. The van der Waals surface area contributed by atoms with Gasteiger partial charge in [-0.15, -0.1) is 0 Å². The van der Waals surface area contributed by atoms with Crippen LogP contribution < -0.4 is 5.32 Å². The maximum Gasteiger partial charge on any atom is 0.225 e. The Morgan fingerprint density at radius 3 is 2.91 bits per heavy atom. The minimum Gasteiger partial charge on any atom is -0.349 e. The maximum absolute atomic E-state index is 4.62. The average molecular weight is 294 g/mol. The van der Waals surface area contributed by atoms with Crippen molar-refractivity contribution in [2.24, 2.45) is 0 Å². The minimum absolute atomic E-state index is 0.527. The molecule has 1 aliphatic carbocycles. The molecule has 0 spiro atoms. The summed E-state index contributed by atoms with van der Waals surface area (Å²) >= 11 is 0. The molecule has 4 rings (SSSR count). The van der Waals surface area contributed by atoms with Crippen molar-refractivity contribution in [2.45, 2.75) is 38.3 Å². The third-order valence-electron chi connectivity index (χ3n) is 4.13. The second-order valence-electron chi connectivity index (χ2n) is 5.69. The summed E-state index contributed by atoms with van der Waals surface area (Å²) in [5.41, 5.74) is 1.72. The molecule has 1 fully saturated rings. The summed E-state index contributed by atoms with van der Waals surface area (Å²) in [6.45, 7) is 0.607. The Bertz CT molecular complexity index is 761. The van der Waals surface area contributed by atoms with Crippen LogP contribution >= 0.6 is 0 Å². The lowest BCUT2D eigenvalue weighted by Gasteiger charge is -2.07. The molecule has 22 heavy (non-hydrogen) atoms. The van der Waals surface area contributed by atoms with Crippen molar-refractivity contribution in [1.82, 2.24) is 24.7 Å². The lowest BCUT2D eigenvalue weighted by atomic mass is 10.3. The fraction of sp³-hybridized carbons (Fsp3) is 0.375. The summed E-state index contributed by atoms with van der Waals surface area (Å²) in [4.78, 5) is 13.1. The standard InChI is InChI=1S/C16H18N6/c1-2-7-14(6-1)22-11-12-9-18-16(20-15(12)21-22)19-10-13-5-3-4-8-17-13/h3-5,8-9,11,14H,1-2,6-7,10H2,(H,19,20,21). The largest absolute Gasteiger partial charge is 0.349 e. The van der Waals surface area contributed by atoms with E-state index in [1.807, 2.05) is 24.4 Å². The number of pyridine rings is 1. The molecule has 0 aromatic carbocycles. The van der Waals surface area contributed by atoms with Gasteiger partial charge in [0.1, 0.15) is 0 Å². The Balaban J connectivity index is 1.52. The van der Waals surface area contributed by atoms with Crippen molar-refractivity contribution in [1.29, 1.82) is 0 Å². The van der Waals surface area contributed by atoms with Gasteiger partial charge in [-0.05, 0) is 25.0 Å². The monoisotopic (exact) mass is 294 g/mol. The summed E-state index contributed by atoms with van der Waals surface area (Å²) in [5, 5.41) is 8.81. The molecule has 1 N–H and O–H groups in total. The van der Waals surface area contributed by atoms with E-state index in [-0.39, 0.29) is 0 Å². The van der Waals surface area contributed by atoms with Gasteiger partial charge in [-0.2, -0.15) is 10.1 Å². The van der Waals surface area contributed by atoms with Crippen LogP contribution in [0.1, 0.15) is 37.4 Å². The van der Waals surface area contributed by atoms with Gasteiger partial charge in [0.2, 0.25) is 5.95 Å². The van der Waals surface area contributed by atoms with E-state index in [1.54, 1.807) is 6.20 Å². The minimum atomic E-state index is 0.527. The molecule has 3 aromatic rings. The third-order valence-corrected chi connectivity index (χ3v) is 4.13. The van der Waals surface area contributed by atoms with E-state index in [0.29, 0.717) is 18.5 Å². The number of hydrogen-bond donors (Lipinski definition) is 1. The van der Waals surface area contributed by atoms with Gasteiger partial charge in [0.15, 0.2) is 5.65 Å². The van der Waals surface area contributed by atoms with Crippen molar-refractivity contribution in [2.75, 3.05) is 5.32 Å². The highest BCUT2D eigenvalue weighted by atomic mass is 15.3. The van der Waals surface area contributed by atoms with Gasteiger partial charge in [-0.25, -0.2) is 4.98 Å². The van der Waals surface area contributed by atoms with Crippen LogP contribution in [0.25, 0.3) is 11.0 Å². The summed E-state index contributed by atoms with van der Waals surface area (Å²) in [7, 11) is 0. The van der Waals surface area contributed by atoms with Crippen LogP contribution in [0.5, 0.6) is 0 Å². The second kappa shape index (κ2) is 5.71. The van der Waals surface area contributed by atoms with Crippen LogP contribution in [0.3, 0.4) is 0 Å². The van der Waals surface area contributed by atoms with Gasteiger partial charge in [-0.3, -0.25) is 9.67 Å². The molecule has 1 saturated carbocycles. The Kier molecular flexibility index (Phi) is 3.42. The first-order valence-electron chi connectivity index (χ1n) is 7.74. The van der Waals surface area contributed by atoms with Crippen LogP contribution in [-0.4, -0.2) is 24.7 Å². The smallest absolute Gasteiger partial charge is 0.225 e. The van der Waals surface area contributed by atoms with Crippen LogP contribution in [-0.2, 0) is 6.54 Å². The van der Waals surface area contributed by atoms with Crippen molar-refractivity contribution >= 4 is 17.0 Å². The number of rotatable bonds is 4. The second-order valence-corrected chi connectivity index (χ2v) is 5.69. The lowest BCUT2D eigenvalue weighted by molar-refractivity contribution is 0.470. The Labute approximate surface area is 128 Å². The molecule has 6 nitrogen and oxygen atoms in total. The van der Waals surface area contributed by atoms with Gasteiger partial charge >= 0.3 is 0 Å². The summed E-state index contributed by atoms with van der Waals surface area (Å²) in [5.74, 6) is 0.592. The first kappa shape index (κ1) is 13.2. The van der Waals surface area contributed by atoms with Crippen molar-refractivity contribution in [3.8, 4) is 0 Å². The van der Waals surface area contributed by atoms with Crippen molar-refractivity contribution in [3.63, 3.8) is 0 Å². The molecule has 0 amide bonds. The van der Waals surface area contributed by atoms with E-state index in [2.05, 4.69) is 36.2 Å². The molecule has 1 aliphatic rings. The molecular formula is C16H18N6. The van der Waals surface area contributed by atoms with Crippen LogP contribution in [0.2, 0.25) is 0 Å². The van der Waals surface area contributed by atoms with Crippen molar-refractivity contribution < 1.29 is 0 Å². The molecule has 6 heteroatoms. The Morgan fingerprint density at radius 1 is 1.18 bits per heavy atom. The lowest BCUT2D eigenvalue weighted by Crippen LogP contribution is -2.05. The number of aromatic nitrogens is 5. The number of hydrogen-bond acceptors (Lipinski definition) is 5. The SMILES string of the molecule is c1ccc(CNc2ncc3cn(C4CCCC4)nc3n2)nc1. The van der Waals surface area contributed by atoms with E-state index in [0.717, 1.165) is 16.7 Å². The van der Waals surface area contributed by atoms with Crippen molar-refractivity contribution in [3.05, 3.63) is 42.5 Å². The fourth-order valence-electron chi connectivity index (χ4n) is 2.95. The van der Waals surface area contributed by atoms with E-state index in [4.69, 9.17) is 0 Å². The average Bonchev–Trinajstić information content (AvgIpc) is 3.22. The quantitative estimate of drug-likeness (QED) is 0.801. The Hall–Kier alpha value is -2.50. The van der Waals surface area contributed by atoms with E-state index in [1.165, 1.54) is 25.7 Å². The predicted molar refractivity (Wildman–Crippen MR) is 84.4 cm³/mol. The number of nitrogens with zero attached hydrogens (tertiary/aromatic N) is 5. The summed E-state index contributed by atoms with van der Waals surface area (Å²) in [6, 6.07) is 6.37. The molecule has 0 unspecified atom stereocenters. The molecule has 3 heterocycles. The first-order valence-corrected chi connectivity index (χ1v) is 7.74. The van der Waals surface area contributed by atoms with Crippen LogP contribution in [0.4, 0.5) is 5.95 Å². The highest BCUT2D eigenvalue weighted by Crippen LogP contribution is 2.29. The zero-order valence-corrected chi connectivity index (χ0v) is 12.3. The molecule has 0 bridgehead atoms. The van der Waals surface area contributed by atoms with E-state index < -0.39 is 0 Å². The molecule has 3 aromatic heterocycles. The van der Waals surface area contributed by atoms with Gasteiger partial charge in [0, 0.05) is 18.6 Å². The summed E-state index contributed by atoms with van der Waals surface area (Å²) < 4.78 is 2.06. The normalized spacial score (nSPS) is 15.5. The van der Waals surface area contributed by atoms with Gasteiger partial charge < -0.3 is 5.32 Å². The zero-order chi connectivity index (χ0) is 14.8. The van der Waals surface area contributed by atoms with E-state index >= 15 is 0 Å². The predicted octanol–water partition coefficient (Wildman–Crippen LogP) is 2.95. The summed E-state index contributed by atoms with van der Waals surface area (Å²) in [6.07, 6.45) is 10.7.